The summed E-state index contributed by atoms with van der Waals surface area (Å²) in [4.78, 5) is 53.2. The Morgan fingerprint density at radius 2 is 1.68 bits per heavy atom. The summed E-state index contributed by atoms with van der Waals surface area (Å²) in [6, 6.07) is 0.744. The molecule has 0 spiro atoms. The molecular formula is C17H29N3O5. The molecule has 1 N–H and O–H groups in total. The SMILES string of the molecule is C.CC1CCCC(C)N1CC(=O)NCCC(=O)ON1C(=O)CCC1=O. The maximum absolute atomic E-state index is 12.0. The minimum atomic E-state index is -0.710. The lowest BCUT2D eigenvalue weighted by Gasteiger charge is -2.38. The zero-order valence-corrected chi connectivity index (χ0v) is 14.2. The molecular weight excluding hydrogens is 326 g/mol. The molecule has 0 radical (unpaired) electrons. The molecule has 2 rings (SSSR count). The van der Waals surface area contributed by atoms with Gasteiger partial charge in [-0.25, -0.2) is 4.79 Å². The molecule has 25 heavy (non-hydrogen) atoms. The molecule has 0 bridgehead atoms. The second-order valence-electron chi connectivity index (χ2n) is 6.45. The second kappa shape index (κ2) is 9.50. The maximum Gasteiger partial charge on any atom is 0.334 e. The van der Waals surface area contributed by atoms with E-state index >= 15 is 0 Å². The van der Waals surface area contributed by atoms with E-state index in [1.54, 1.807) is 0 Å². The molecule has 0 aromatic carbocycles. The van der Waals surface area contributed by atoms with Crippen molar-refractivity contribution in [2.24, 2.45) is 0 Å². The quantitative estimate of drug-likeness (QED) is 0.714. The van der Waals surface area contributed by atoms with Gasteiger partial charge in [0.2, 0.25) is 5.91 Å². The number of nitrogens with zero attached hydrogens (tertiary/aromatic N) is 2. The van der Waals surface area contributed by atoms with Crippen molar-refractivity contribution in [3.63, 3.8) is 0 Å². The summed E-state index contributed by atoms with van der Waals surface area (Å²) in [5.41, 5.74) is 0. The highest BCUT2D eigenvalue weighted by Gasteiger charge is 2.32. The maximum atomic E-state index is 12.0. The van der Waals surface area contributed by atoms with Crippen molar-refractivity contribution in [1.29, 1.82) is 0 Å². The minimum absolute atomic E-state index is 0. The van der Waals surface area contributed by atoms with E-state index in [1.165, 1.54) is 6.42 Å². The van der Waals surface area contributed by atoms with Gasteiger partial charge in [-0.3, -0.25) is 19.3 Å². The molecule has 2 unspecified atom stereocenters. The van der Waals surface area contributed by atoms with Gasteiger partial charge in [0, 0.05) is 31.5 Å². The third kappa shape index (κ3) is 5.81. The summed E-state index contributed by atoms with van der Waals surface area (Å²) in [7, 11) is 0. The van der Waals surface area contributed by atoms with Gasteiger partial charge in [-0.15, -0.1) is 5.06 Å². The van der Waals surface area contributed by atoms with Crippen molar-refractivity contribution < 1.29 is 24.0 Å². The predicted octanol–water partition coefficient (Wildman–Crippen LogP) is 0.999. The van der Waals surface area contributed by atoms with Crippen LogP contribution in [0.1, 0.15) is 59.8 Å². The molecule has 2 fully saturated rings. The average molecular weight is 355 g/mol. The summed E-state index contributed by atoms with van der Waals surface area (Å²) < 4.78 is 0. The highest BCUT2D eigenvalue weighted by molar-refractivity contribution is 6.01. The lowest BCUT2D eigenvalue weighted by atomic mass is 9.97. The van der Waals surface area contributed by atoms with Crippen LogP contribution < -0.4 is 5.32 Å². The highest BCUT2D eigenvalue weighted by atomic mass is 16.7. The van der Waals surface area contributed by atoms with Crippen LogP contribution in [-0.2, 0) is 24.0 Å². The van der Waals surface area contributed by atoms with Crippen LogP contribution in [0.4, 0.5) is 0 Å². The van der Waals surface area contributed by atoms with Crippen molar-refractivity contribution in [2.45, 2.75) is 71.9 Å². The smallest absolute Gasteiger partial charge is 0.334 e. The van der Waals surface area contributed by atoms with Crippen LogP contribution >= 0.6 is 0 Å². The number of nitrogens with one attached hydrogen (secondary N) is 1. The molecule has 2 heterocycles. The molecule has 8 nitrogen and oxygen atoms in total. The fraction of sp³-hybridized carbons (Fsp3) is 0.765. The Kier molecular flexibility index (Phi) is 8.02. The molecule has 142 valence electrons. The molecule has 3 amide bonds. The van der Waals surface area contributed by atoms with E-state index in [2.05, 4.69) is 24.1 Å². The van der Waals surface area contributed by atoms with E-state index in [-0.39, 0.29) is 39.1 Å². The first-order valence-corrected chi connectivity index (χ1v) is 8.47. The zero-order chi connectivity index (χ0) is 17.7. The van der Waals surface area contributed by atoms with Crippen molar-refractivity contribution in [3.8, 4) is 0 Å². The lowest BCUT2D eigenvalue weighted by Crippen LogP contribution is -2.48. The van der Waals surface area contributed by atoms with Crippen LogP contribution in [0.2, 0.25) is 0 Å². The van der Waals surface area contributed by atoms with Crippen molar-refractivity contribution in [1.82, 2.24) is 15.3 Å². The summed E-state index contributed by atoms with van der Waals surface area (Å²) in [6.45, 7) is 4.65. The molecule has 8 heteroatoms. The Balaban J connectivity index is 0.00000312. The fourth-order valence-corrected chi connectivity index (χ4v) is 3.12. The Bertz CT molecular complexity index is 496. The van der Waals surface area contributed by atoms with Gasteiger partial charge < -0.3 is 10.2 Å². The molecule has 0 aliphatic carbocycles. The topological polar surface area (TPSA) is 96.0 Å². The number of hydrogen-bond acceptors (Lipinski definition) is 6. The molecule has 2 atom stereocenters. The zero-order valence-electron chi connectivity index (χ0n) is 14.2. The summed E-state index contributed by atoms with van der Waals surface area (Å²) in [5, 5.41) is 3.19. The van der Waals surface area contributed by atoms with Gasteiger partial charge in [0.1, 0.15) is 0 Å². The molecule has 2 aliphatic heterocycles. The van der Waals surface area contributed by atoms with Gasteiger partial charge in [-0.1, -0.05) is 13.8 Å². The lowest BCUT2D eigenvalue weighted by molar-refractivity contribution is -0.197. The van der Waals surface area contributed by atoms with Gasteiger partial charge in [-0.2, -0.15) is 0 Å². The number of amides is 3. The van der Waals surface area contributed by atoms with Crippen LogP contribution in [0.25, 0.3) is 0 Å². The Morgan fingerprint density at radius 1 is 1.12 bits per heavy atom. The largest absolute Gasteiger partial charge is 0.354 e. The second-order valence-corrected chi connectivity index (χ2v) is 6.45. The van der Waals surface area contributed by atoms with Gasteiger partial charge in [0.05, 0.1) is 13.0 Å². The predicted molar refractivity (Wildman–Crippen MR) is 91.0 cm³/mol. The van der Waals surface area contributed by atoms with E-state index in [1.807, 2.05) is 0 Å². The number of likely N-dealkylation sites (tertiary alicyclic amines) is 1. The van der Waals surface area contributed by atoms with Crippen molar-refractivity contribution in [3.05, 3.63) is 0 Å². The summed E-state index contributed by atoms with van der Waals surface area (Å²) in [5.74, 6) is -1.87. The molecule has 2 saturated heterocycles. The first-order valence-electron chi connectivity index (χ1n) is 8.47. The van der Waals surface area contributed by atoms with Crippen molar-refractivity contribution >= 4 is 23.7 Å². The molecule has 0 saturated carbocycles. The summed E-state index contributed by atoms with van der Waals surface area (Å²) >= 11 is 0. The first kappa shape index (κ1) is 21.1. The number of hydroxylamine groups is 2. The number of carbonyl (C=O) groups is 4. The Labute approximate surface area is 148 Å². The fourth-order valence-electron chi connectivity index (χ4n) is 3.12. The van der Waals surface area contributed by atoms with Gasteiger partial charge in [0.15, 0.2) is 0 Å². The van der Waals surface area contributed by atoms with Gasteiger partial charge in [0.25, 0.3) is 11.8 Å². The number of hydrogen-bond donors (Lipinski definition) is 1. The third-order valence-electron chi connectivity index (χ3n) is 4.55. The minimum Gasteiger partial charge on any atom is -0.354 e. The monoisotopic (exact) mass is 355 g/mol. The Morgan fingerprint density at radius 3 is 2.24 bits per heavy atom. The molecule has 0 aromatic rings. The summed E-state index contributed by atoms with van der Waals surface area (Å²) in [6.07, 6.45) is 3.39. The van der Waals surface area contributed by atoms with Crippen LogP contribution in [-0.4, -0.2) is 58.8 Å². The van der Waals surface area contributed by atoms with E-state index in [9.17, 15) is 19.2 Å². The van der Waals surface area contributed by atoms with E-state index in [0.29, 0.717) is 23.7 Å². The number of carbonyl (C=O) groups excluding carboxylic acids is 4. The highest BCUT2D eigenvalue weighted by Crippen LogP contribution is 2.21. The van der Waals surface area contributed by atoms with Crippen LogP contribution in [0, 0.1) is 0 Å². The standard InChI is InChI=1S/C16H25N3O5.CH4/c1-11-4-3-5-12(2)18(11)10-13(20)17-9-8-16(23)24-19-14(21)6-7-15(19)22;/h11-12H,3-10H2,1-2H3,(H,17,20);1H4. The molecule has 0 aromatic heterocycles. The van der Waals surface area contributed by atoms with E-state index < -0.39 is 17.8 Å². The van der Waals surface area contributed by atoms with Gasteiger partial charge in [-0.05, 0) is 26.7 Å². The Hall–Kier alpha value is -1.96. The van der Waals surface area contributed by atoms with Crippen LogP contribution in [0.3, 0.4) is 0 Å². The average Bonchev–Trinajstić information content (AvgIpc) is 2.83. The van der Waals surface area contributed by atoms with Crippen molar-refractivity contribution in [2.75, 3.05) is 13.1 Å². The van der Waals surface area contributed by atoms with Gasteiger partial charge >= 0.3 is 5.97 Å². The van der Waals surface area contributed by atoms with E-state index in [4.69, 9.17) is 4.84 Å². The first-order chi connectivity index (χ1) is 11.4. The normalized spacial score (nSPS) is 24.0. The number of rotatable bonds is 6. The number of piperidine rings is 1. The molecule has 2 aliphatic rings. The van der Waals surface area contributed by atoms with Crippen LogP contribution in [0.5, 0.6) is 0 Å². The van der Waals surface area contributed by atoms with E-state index in [0.717, 1.165) is 12.8 Å². The van der Waals surface area contributed by atoms with Crippen LogP contribution in [0.15, 0.2) is 0 Å². The third-order valence-corrected chi connectivity index (χ3v) is 4.55. The number of imide groups is 1.